The number of rotatable bonds is 4. The fourth-order valence-electron chi connectivity index (χ4n) is 2.88. The van der Waals surface area contributed by atoms with Crippen LogP contribution >= 0.6 is 12.2 Å². The molecule has 23 heavy (non-hydrogen) atoms. The van der Waals surface area contributed by atoms with Gasteiger partial charge < -0.3 is 10.3 Å². The van der Waals surface area contributed by atoms with Crippen LogP contribution in [0.25, 0.3) is 11.0 Å². The Kier molecular flexibility index (Phi) is 4.18. The van der Waals surface area contributed by atoms with Crippen LogP contribution in [0.15, 0.2) is 36.4 Å². The topological polar surface area (TPSA) is 43.8 Å². The number of thiocarbonyl (C=S) groups is 1. The van der Waals surface area contributed by atoms with E-state index in [-0.39, 0.29) is 0 Å². The minimum absolute atomic E-state index is 0.435. The Bertz CT molecular complexity index is 893. The summed E-state index contributed by atoms with van der Waals surface area (Å²) in [7, 11) is 0. The number of benzene rings is 2. The number of nitrogens with zero attached hydrogens (tertiary/aromatic N) is 2. The highest BCUT2D eigenvalue weighted by Crippen LogP contribution is 2.22. The van der Waals surface area contributed by atoms with Crippen LogP contribution in [0, 0.1) is 13.8 Å². The molecule has 0 amide bonds. The summed E-state index contributed by atoms with van der Waals surface area (Å²) in [5.41, 5.74) is 12.7. The molecule has 3 rings (SSSR count). The van der Waals surface area contributed by atoms with Gasteiger partial charge in [-0.05, 0) is 48.7 Å². The first-order valence-corrected chi connectivity index (χ1v) is 8.25. The second kappa shape index (κ2) is 6.13. The molecule has 2 aromatic carbocycles. The van der Waals surface area contributed by atoms with Gasteiger partial charge >= 0.3 is 0 Å². The highest BCUT2D eigenvalue weighted by Gasteiger charge is 2.11. The van der Waals surface area contributed by atoms with Crippen LogP contribution in [-0.2, 0) is 13.0 Å². The molecular formula is C19H21N3S. The number of hydrogen-bond acceptors (Lipinski definition) is 2. The molecule has 0 aliphatic rings. The monoisotopic (exact) mass is 323 g/mol. The van der Waals surface area contributed by atoms with Crippen LogP contribution in [0.4, 0.5) is 0 Å². The molecule has 2 N–H and O–H groups in total. The number of fused-ring (bicyclic) bond motifs is 1. The van der Waals surface area contributed by atoms with Crippen molar-refractivity contribution in [2.45, 2.75) is 33.7 Å². The first kappa shape index (κ1) is 15.7. The third kappa shape index (κ3) is 2.99. The lowest BCUT2D eigenvalue weighted by Gasteiger charge is -2.10. The lowest BCUT2D eigenvalue weighted by Crippen LogP contribution is -2.10. The molecule has 3 nitrogen and oxygen atoms in total. The lowest BCUT2D eigenvalue weighted by atomic mass is 10.1. The van der Waals surface area contributed by atoms with E-state index in [1.165, 1.54) is 22.2 Å². The van der Waals surface area contributed by atoms with Gasteiger partial charge in [-0.2, -0.15) is 0 Å². The molecule has 3 aromatic rings. The molecule has 0 aliphatic heterocycles. The third-order valence-electron chi connectivity index (χ3n) is 4.31. The molecule has 0 unspecified atom stereocenters. The maximum absolute atomic E-state index is 5.75. The van der Waals surface area contributed by atoms with Gasteiger partial charge in [-0.3, -0.25) is 0 Å². The van der Waals surface area contributed by atoms with Gasteiger partial charge in [-0.15, -0.1) is 0 Å². The van der Waals surface area contributed by atoms with Gasteiger partial charge in [0.1, 0.15) is 10.8 Å². The maximum atomic E-state index is 5.75. The first-order chi connectivity index (χ1) is 11.0. The van der Waals surface area contributed by atoms with Gasteiger partial charge in [0.25, 0.3) is 0 Å². The van der Waals surface area contributed by atoms with Crippen LogP contribution < -0.4 is 5.73 Å². The Hall–Kier alpha value is -2.20. The van der Waals surface area contributed by atoms with Gasteiger partial charge in [0.2, 0.25) is 0 Å². The van der Waals surface area contributed by atoms with E-state index >= 15 is 0 Å². The number of nitrogens with two attached hydrogens (primary N) is 1. The van der Waals surface area contributed by atoms with Gasteiger partial charge in [0.15, 0.2) is 0 Å². The van der Waals surface area contributed by atoms with Crippen molar-refractivity contribution >= 4 is 28.2 Å². The molecule has 1 aromatic heterocycles. The highest BCUT2D eigenvalue weighted by atomic mass is 32.1. The third-order valence-corrected chi connectivity index (χ3v) is 4.55. The summed E-state index contributed by atoms with van der Waals surface area (Å²) >= 11 is 5.09. The maximum Gasteiger partial charge on any atom is 0.109 e. The molecule has 0 bridgehead atoms. The average Bonchev–Trinajstić information content (AvgIpc) is 2.85. The molecule has 0 atom stereocenters. The van der Waals surface area contributed by atoms with Crippen molar-refractivity contribution in [3.8, 4) is 0 Å². The molecule has 0 saturated heterocycles. The Labute approximate surface area is 142 Å². The number of aromatic nitrogens is 2. The van der Waals surface area contributed by atoms with Crippen molar-refractivity contribution in [1.29, 1.82) is 0 Å². The lowest BCUT2D eigenvalue weighted by molar-refractivity contribution is 0.753. The fourth-order valence-corrected chi connectivity index (χ4v) is 3.01. The van der Waals surface area contributed by atoms with Crippen molar-refractivity contribution in [2.24, 2.45) is 5.73 Å². The number of hydrogen-bond donors (Lipinski definition) is 1. The minimum atomic E-state index is 0.435. The molecule has 0 spiro atoms. The van der Waals surface area contributed by atoms with Crippen molar-refractivity contribution in [2.75, 3.05) is 0 Å². The summed E-state index contributed by atoms with van der Waals surface area (Å²) < 4.78 is 2.29. The fraction of sp³-hybridized carbons (Fsp3) is 0.263. The number of aryl methyl sites for hydroxylation is 3. The molecule has 0 fully saturated rings. The molecule has 4 heteroatoms. The predicted octanol–water partition coefficient (Wildman–Crippen LogP) is 3.90. The number of imidazole rings is 1. The zero-order chi connectivity index (χ0) is 16.6. The highest BCUT2D eigenvalue weighted by molar-refractivity contribution is 7.80. The average molecular weight is 323 g/mol. The Morgan fingerprint density at radius 3 is 2.61 bits per heavy atom. The summed E-state index contributed by atoms with van der Waals surface area (Å²) in [4.78, 5) is 5.23. The van der Waals surface area contributed by atoms with Crippen LogP contribution in [0.1, 0.15) is 35.0 Å². The van der Waals surface area contributed by atoms with E-state index in [0.29, 0.717) is 4.99 Å². The van der Waals surface area contributed by atoms with Gasteiger partial charge in [0, 0.05) is 18.5 Å². The van der Waals surface area contributed by atoms with Crippen LogP contribution in [0.5, 0.6) is 0 Å². The quantitative estimate of drug-likeness (QED) is 0.741. The molecule has 1 heterocycles. The summed E-state index contributed by atoms with van der Waals surface area (Å²) in [6.45, 7) is 7.19. The van der Waals surface area contributed by atoms with Gasteiger partial charge in [-0.1, -0.05) is 37.3 Å². The molecule has 0 saturated carbocycles. The van der Waals surface area contributed by atoms with E-state index in [2.05, 4.69) is 49.6 Å². The Balaban J connectivity index is 2.10. The largest absolute Gasteiger partial charge is 0.389 e. The molecule has 0 radical (unpaired) electrons. The minimum Gasteiger partial charge on any atom is -0.389 e. The van der Waals surface area contributed by atoms with Crippen molar-refractivity contribution in [1.82, 2.24) is 9.55 Å². The second-order valence-corrected chi connectivity index (χ2v) is 6.40. The van der Waals surface area contributed by atoms with E-state index in [4.69, 9.17) is 22.9 Å². The summed E-state index contributed by atoms with van der Waals surface area (Å²) in [5, 5.41) is 0. The van der Waals surface area contributed by atoms with Crippen LogP contribution in [0.3, 0.4) is 0 Å². The van der Waals surface area contributed by atoms with Crippen molar-refractivity contribution in [3.63, 3.8) is 0 Å². The zero-order valence-corrected chi connectivity index (χ0v) is 14.6. The Morgan fingerprint density at radius 2 is 1.91 bits per heavy atom. The molecular weight excluding hydrogens is 302 g/mol. The van der Waals surface area contributed by atoms with E-state index in [0.717, 1.165) is 29.9 Å². The predicted molar refractivity (Wildman–Crippen MR) is 100 cm³/mol. The van der Waals surface area contributed by atoms with E-state index < -0.39 is 0 Å². The first-order valence-electron chi connectivity index (χ1n) is 7.84. The molecule has 118 valence electrons. The van der Waals surface area contributed by atoms with Gasteiger partial charge in [0.05, 0.1) is 11.0 Å². The zero-order valence-electron chi connectivity index (χ0n) is 13.8. The smallest absolute Gasteiger partial charge is 0.109 e. The molecule has 0 aliphatic carbocycles. The summed E-state index contributed by atoms with van der Waals surface area (Å²) in [6.07, 6.45) is 0.905. The van der Waals surface area contributed by atoms with Crippen LogP contribution in [-0.4, -0.2) is 14.5 Å². The van der Waals surface area contributed by atoms with Gasteiger partial charge in [-0.25, -0.2) is 4.98 Å². The Morgan fingerprint density at radius 1 is 1.17 bits per heavy atom. The normalized spacial score (nSPS) is 11.1. The van der Waals surface area contributed by atoms with E-state index in [1.807, 2.05) is 12.1 Å². The SMILES string of the molecule is CCc1nc2cc(C)c(C)cc2n1Cc1cccc(C(N)=S)c1. The summed E-state index contributed by atoms with van der Waals surface area (Å²) in [5.74, 6) is 1.10. The summed E-state index contributed by atoms with van der Waals surface area (Å²) in [6, 6.07) is 12.5. The van der Waals surface area contributed by atoms with Crippen molar-refractivity contribution < 1.29 is 0 Å². The second-order valence-electron chi connectivity index (χ2n) is 5.96. The van der Waals surface area contributed by atoms with Crippen LogP contribution in [0.2, 0.25) is 0 Å². The van der Waals surface area contributed by atoms with E-state index in [9.17, 15) is 0 Å². The van der Waals surface area contributed by atoms with E-state index in [1.54, 1.807) is 0 Å². The standard InChI is InChI=1S/C19H21N3S/c1-4-18-21-16-8-12(2)13(3)9-17(16)22(18)11-14-6-5-7-15(10-14)19(20)23/h5-10H,4,11H2,1-3H3,(H2,20,23). The van der Waals surface area contributed by atoms with Crippen molar-refractivity contribution in [3.05, 3.63) is 64.5 Å².